The van der Waals surface area contributed by atoms with Crippen LogP contribution < -0.4 is 0 Å². The van der Waals surface area contributed by atoms with Gasteiger partial charge in [0, 0.05) is 5.25 Å². The standard InChI is InChI=1S/C18H41O3PS/c1-3-5-7-8-9-10-11-12-13-14-15-17-18(16-6-4-2)23-22(19,20)21/h18-21,23H,3-17H2,1-2H3. The Morgan fingerprint density at radius 3 is 1.43 bits per heavy atom. The summed E-state index contributed by atoms with van der Waals surface area (Å²) in [6.07, 6.45) is 18.9. The summed E-state index contributed by atoms with van der Waals surface area (Å²) in [4.78, 5) is 27.8. The Labute approximate surface area is 148 Å². The zero-order valence-electron chi connectivity index (χ0n) is 15.4. The third-order valence-corrected chi connectivity index (χ3v) is 7.41. The minimum Gasteiger partial charge on any atom is -0.329 e. The average molecular weight is 369 g/mol. The molecule has 0 aliphatic rings. The van der Waals surface area contributed by atoms with Gasteiger partial charge in [-0.05, 0) is 12.8 Å². The second-order valence-electron chi connectivity index (χ2n) is 6.77. The maximum absolute atomic E-state index is 9.27. The fraction of sp³-hybridized carbons (Fsp3) is 1.00. The van der Waals surface area contributed by atoms with E-state index in [1.807, 2.05) is 0 Å². The molecule has 3 nitrogen and oxygen atoms in total. The third kappa shape index (κ3) is 18.8. The highest BCUT2D eigenvalue weighted by Gasteiger charge is 2.10. The zero-order valence-corrected chi connectivity index (χ0v) is 17.2. The molecule has 0 bridgehead atoms. The van der Waals surface area contributed by atoms with E-state index < -0.39 is 6.72 Å². The van der Waals surface area contributed by atoms with Crippen LogP contribution >= 0.6 is 6.72 Å². The summed E-state index contributed by atoms with van der Waals surface area (Å²) in [7, 11) is 0.466. The van der Waals surface area contributed by atoms with E-state index in [1.54, 1.807) is 0 Å². The molecule has 0 radical (unpaired) electrons. The molecule has 0 aromatic carbocycles. The molecule has 0 aliphatic heterocycles. The van der Waals surface area contributed by atoms with Gasteiger partial charge in [-0.1, -0.05) is 97.3 Å². The van der Waals surface area contributed by atoms with Crippen LogP contribution in [0.5, 0.6) is 0 Å². The molecule has 1 unspecified atom stereocenters. The van der Waals surface area contributed by atoms with Crippen molar-refractivity contribution in [2.24, 2.45) is 0 Å². The fourth-order valence-corrected chi connectivity index (χ4v) is 6.00. The molecule has 0 aromatic heterocycles. The van der Waals surface area contributed by atoms with E-state index in [2.05, 4.69) is 13.8 Å². The van der Waals surface area contributed by atoms with Crippen LogP contribution in [0.2, 0.25) is 0 Å². The van der Waals surface area contributed by atoms with Crippen molar-refractivity contribution in [3.8, 4) is 0 Å². The Hall–Kier alpha value is 0.660. The highest BCUT2D eigenvalue weighted by Crippen LogP contribution is 2.34. The summed E-state index contributed by atoms with van der Waals surface area (Å²) in [5.74, 6) is 0. The first-order chi connectivity index (χ1) is 11.0. The van der Waals surface area contributed by atoms with Crippen LogP contribution in [0.15, 0.2) is 0 Å². The monoisotopic (exact) mass is 368 g/mol. The van der Waals surface area contributed by atoms with Crippen molar-refractivity contribution in [2.75, 3.05) is 0 Å². The summed E-state index contributed by atoms with van der Waals surface area (Å²) in [6, 6.07) is 0. The van der Waals surface area contributed by atoms with E-state index in [1.165, 1.54) is 64.2 Å². The van der Waals surface area contributed by atoms with Crippen molar-refractivity contribution in [1.82, 2.24) is 0 Å². The molecule has 0 amide bonds. The molecular formula is C18H41O3PS. The van der Waals surface area contributed by atoms with Crippen molar-refractivity contribution < 1.29 is 14.7 Å². The van der Waals surface area contributed by atoms with Gasteiger partial charge in [-0.2, -0.15) is 0 Å². The number of hydrogen-bond donors (Lipinski definition) is 4. The Kier molecular flexibility index (Phi) is 16.6. The molecule has 0 heterocycles. The molecule has 0 aliphatic carbocycles. The Bertz CT molecular complexity index is 296. The maximum atomic E-state index is 9.27. The van der Waals surface area contributed by atoms with E-state index in [-0.39, 0.29) is 5.25 Å². The SMILES string of the molecule is CCCCCCCCCCCCCC(CCCC)[SH]=P(O)(O)O. The molecule has 0 aromatic rings. The summed E-state index contributed by atoms with van der Waals surface area (Å²) >= 11 is 0. The minimum atomic E-state index is -3.62. The molecule has 0 rings (SSSR count). The summed E-state index contributed by atoms with van der Waals surface area (Å²) in [6.45, 7) is 0.786. The molecule has 0 saturated heterocycles. The lowest BCUT2D eigenvalue weighted by Crippen LogP contribution is -2.07. The number of unbranched alkanes of at least 4 members (excludes halogenated alkanes) is 11. The van der Waals surface area contributed by atoms with Gasteiger partial charge in [0.2, 0.25) is 0 Å². The van der Waals surface area contributed by atoms with Gasteiger partial charge in [0.05, 0.1) is 0 Å². The van der Waals surface area contributed by atoms with Gasteiger partial charge < -0.3 is 14.7 Å². The van der Waals surface area contributed by atoms with Crippen LogP contribution in [0.1, 0.15) is 110 Å². The summed E-state index contributed by atoms with van der Waals surface area (Å²) in [5, 5.41) is 0.252. The lowest BCUT2D eigenvalue weighted by molar-refractivity contribution is 0.363. The number of rotatable bonds is 16. The van der Waals surface area contributed by atoms with Gasteiger partial charge in [-0.25, -0.2) is 0 Å². The van der Waals surface area contributed by atoms with Gasteiger partial charge in [0.1, 0.15) is 0 Å². The summed E-state index contributed by atoms with van der Waals surface area (Å²) in [5.41, 5.74) is 0. The topological polar surface area (TPSA) is 60.7 Å². The van der Waals surface area contributed by atoms with E-state index in [9.17, 15) is 14.7 Å². The predicted molar refractivity (Wildman–Crippen MR) is 107 cm³/mol. The lowest BCUT2D eigenvalue weighted by atomic mass is 10.0. The molecule has 0 spiro atoms. The van der Waals surface area contributed by atoms with Gasteiger partial charge in [-0.15, -0.1) is 10.9 Å². The van der Waals surface area contributed by atoms with Crippen LogP contribution in [0.3, 0.4) is 0 Å². The lowest BCUT2D eigenvalue weighted by Gasteiger charge is -2.15. The van der Waals surface area contributed by atoms with E-state index in [4.69, 9.17) is 0 Å². The first-order valence-electron chi connectivity index (χ1n) is 9.79. The highest BCUT2D eigenvalue weighted by molar-refractivity contribution is 8.16. The van der Waals surface area contributed by atoms with Crippen molar-refractivity contribution in [3.05, 3.63) is 0 Å². The Balaban J connectivity index is 3.59. The maximum Gasteiger partial charge on any atom is 0.274 e. The van der Waals surface area contributed by atoms with Gasteiger partial charge in [-0.3, -0.25) is 0 Å². The van der Waals surface area contributed by atoms with Gasteiger partial charge in [0.15, 0.2) is 0 Å². The van der Waals surface area contributed by atoms with E-state index >= 15 is 0 Å². The van der Waals surface area contributed by atoms with Crippen molar-refractivity contribution in [3.63, 3.8) is 0 Å². The summed E-state index contributed by atoms with van der Waals surface area (Å²) < 4.78 is 0. The van der Waals surface area contributed by atoms with Crippen LogP contribution in [0.25, 0.3) is 0 Å². The minimum absolute atomic E-state index is 0.252. The fourth-order valence-electron chi connectivity index (χ4n) is 2.96. The molecule has 1 atom stereocenters. The Morgan fingerprint density at radius 1 is 0.609 bits per heavy atom. The third-order valence-electron chi connectivity index (χ3n) is 4.35. The van der Waals surface area contributed by atoms with Crippen LogP contribution in [0.4, 0.5) is 0 Å². The molecule has 5 heteroatoms. The second-order valence-corrected chi connectivity index (χ2v) is 11.1. The molecule has 23 heavy (non-hydrogen) atoms. The number of hydrogen-bond acceptors (Lipinski definition) is 0. The van der Waals surface area contributed by atoms with E-state index in [0.717, 1.165) is 32.1 Å². The first-order valence-corrected chi connectivity index (χ1v) is 13.1. The largest absolute Gasteiger partial charge is 0.329 e. The predicted octanol–water partition coefficient (Wildman–Crippen LogP) is 5.72. The zero-order chi connectivity index (χ0) is 17.4. The van der Waals surface area contributed by atoms with Crippen molar-refractivity contribution in [2.45, 2.75) is 115 Å². The molecule has 142 valence electrons. The van der Waals surface area contributed by atoms with Crippen LogP contribution in [-0.2, 0) is 10.9 Å². The molecule has 3 N–H and O–H groups in total. The Morgan fingerprint density at radius 2 is 1.00 bits per heavy atom. The molecule has 0 fully saturated rings. The van der Waals surface area contributed by atoms with E-state index in [0.29, 0.717) is 10.9 Å². The van der Waals surface area contributed by atoms with Crippen LogP contribution in [-0.4, -0.2) is 19.9 Å². The molecule has 0 saturated carbocycles. The number of thiol groups is 1. The van der Waals surface area contributed by atoms with Crippen molar-refractivity contribution >= 4 is 17.7 Å². The quantitative estimate of drug-likeness (QED) is 0.160. The average Bonchev–Trinajstić information content (AvgIpc) is 2.48. The van der Waals surface area contributed by atoms with Crippen LogP contribution in [0, 0.1) is 0 Å². The first kappa shape index (κ1) is 23.7. The normalized spacial score (nSPS) is 13.4. The van der Waals surface area contributed by atoms with Crippen molar-refractivity contribution in [1.29, 1.82) is 0 Å². The smallest absolute Gasteiger partial charge is 0.274 e. The molecular weight excluding hydrogens is 327 g/mol. The van der Waals surface area contributed by atoms with Gasteiger partial charge >= 0.3 is 0 Å². The van der Waals surface area contributed by atoms with Gasteiger partial charge in [0.25, 0.3) is 6.72 Å². The highest BCUT2D eigenvalue weighted by atomic mass is 32.5. The second kappa shape index (κ2) is 16.1.